The van der Waals surface area contributed by atoms with E-state index in [9.17, 15) is 22.0 Å². The number of nitrogens with two attached hydrogens (primary N) is 1. The van der Waals surface area contributed by atoms with Crippen LogP contribution in [0.25, 0.3) is 21.2 Å². The van der Waals surface area contributed by atoms with Gasteiger partial charge < -0.3 is 9.64 Å². The highest BCUT2D eigenvalue weighted by molar-refractivity contribution is 7.89. The van der Waals surface area contributed by atoms with Gasteiger partial charge >= 0.3 is 0 Å². The van der Waals surface area contributed by atoms with E-state index >= 15 is 0 Å². The third-order valence-electron chi connectivity index (χ3n) is 7.70. The van der Waals surface area contributed by atoms with Gasteiger partial charge in [-0.25, -0.2) is 22.3 Å². The minimum absolute atomic E-state index is 0.00590. The summed E-state index contributed by atoms with van der Waals surface area (Å²) < 4.78 is 58.2. The predicted molar refractivity (Wildman–Crippen MR) is 158 cm³/mol. The second-order valence-electron chi connectivity index (χ2n) is 10.4. The number of ether oxygens (including phenoxy) is 1. The number of carbonyl (C=O) groups is 1. The van der Waals surface area contributed by atoms with E-state index in [2.05, 4.69) is 6.92 Å². The number of hydrogen-bond acceptors (Lipinski definition) is 5. The molecule has 6 nitrogen and oxygen atoms in total. The molecule has 0 unspecified atom stereocenters. The maximum atomic E-state index is 14.6. The highest BCUT2D eigenvalue weighted by Crippen LogP contribution is 2.41. The maximum Gasteiger partial charge on any atom is 0.266 e. The minimum atomic E-state index is -3.83. The van der Waals surface area contributed by atoms with Crippen LogP contribution in [0, 0.1) is 17.6 Å². The highest BCUT2D eigenvalue weighted by atomic mass is 35.5. The van der Waals surface area contributed by atoms with E-state index in [1.165, 1.54) is 12.1 Å². The molecule has 1 aromatic heterocycles. The molecule has 11 heteroatoms. The van der Waals surface area contributed by atoms with Crippen LogP contribution in [0.5, 0.6) is 5.75 Å². The SMILES string of the molecule is COc1ccc(-c2ccc(S(N)(=O)=O)cc2)cc1CN(C(=O)c1sc2c(F)ccc(F)c2c1Cl)C1CCC(C)CC1. The van der Waals surface area contributed by atoms with Crippen molar-refractivity contribution in [3.05, 3.63) is 81.7 Å². The van der Waals surface area contributed by atoms with Crippen molar-refractivity contribution in [1.82, 2.24) is 4.90 Å². The lowest BCUT2D eigenvalue weighted by Crippen LogP contribution is -2.41. The third kappa shape index (κ3) is 5.97. The lowest BCUT2D eigenvalue weighted by atomic mass is 9.86. The summed E-state index contributed by atoms with van der Waals surface area (Å²) in [6.07, 6.45) is 3.47. The molecule has 1 aliphatic carbocycles. The first-order valence-electron chi connectivity index (χ1n) is 13.1. The molecular weight excluding hydrogens is 590 g/mol. The molecule has 0 spiro atoms. The van der Waals surface area contributed by atoms with Gasteiger partial charge in [0.2, 0.25) is 10.0 Å². The Kier molecular flexibility index (Phi) is 8.39. The number of fused-ring (bicyclic) bond motifs is 1. The number of hydrogen-bond donors (Lipinski definition) is 1. The fourth-order valence-corrected chi connectivity index (χ4v) is 7.41. The van der Waals surface area contributed by atoms with Gasteiger partial charge in [-0.1, -0.05) is 36.7 Å². The molecule has 1 aliphatic rings. The fraction of sp³-hybridized carbons (Fsp3) is 0.300. The van der Waals surface area contributed by atoms with Crippen LogP contribution >= 0.6 is 22.9 Å². The first-order valence-corrected chi connectivity index (χ1v) is 15.9. The van der Waals surface area contributed by atoms with Gasteiger partial charge in [0, 0.05) is 18.2 Å². The molecule has 0 radical (unpaired) electrons. The van der Waals surface area contributed by atoms with Crippen LogP contribution in [-0.2, 0) is 16.6 Å². The van der Waals surface area contributed by atoms with Crippen molar-refractivity contribution >= 4 is 49.0 Å². The normalized spacial score (nSPS) is 17.5. The van der Waals surface area contributed by atoms with Crippen molar-refractivity contribution in [3.63, 3.8) is 0 Å². The van der Waals surface area contributed by atoms with Crippen molar-refractivity contribution in [2.45, 2.75) is 50.1 Å². The number of carbonyl (C=O) groups excluding carboxylic acids is 1. The largest absolute Gasteiger partial charge is 0.496 e. The second kappa shape index (κ2) is 11.7. The lowest BCUT2D eigenvalue weighted by molar-refractivity contribution is 0.0597. The van der Waals surface area contributed by atoms with E-state index in [4.69, 9.17) is 21.5 Å². The Hall–Kier alpha value is -3.05. The van der Waals surface area contributed by atoms with Crippen LogP contribution in [-0.4, -0.2) is 32.4 Å². The Morgan fingerprint density at radius 3 is 2.27 bits per heavy atom. The van der Waals surface area contributed by atoms with E-state index in [-0.39, 0.29) is 43.4 Å². The lowest BCUT2D eigenvalue weighted by Gasteiger charge is -2.36. The number of benzene rings is 3. The molecule has 0 aliphatic heterocycles. The van der Waals surface area contributed by atoms with Gasteiger partial charge in [-0.2, -0.15) is 0 Å². The van der Waals surface area contributed by atoms with Crippen LogP contribution in [0.15, 0.2) is 59.5 Å². The van der Waals surface area contributed by atoms with Gasteiger partial charge in [0.1, 0.15) is 22.3 Å². The van der Waals surface area contributed by atoms with Crippen molar-refractivity contribution in [3.8, 4) is 16.9 Å². The Bertz CT molecular complexity index is 1720. The molecule has 0 bridgehead atoms. The van der Waals surface area contributed by atoms with E-state index in [0.29, 0.717) is 11.7 Å². The van der Waals surface area contributed by atoms with Gasteiger partial charge in [0.15, 0.2) is 0 Å². The number of primary sulfonamides is 1. The molecule has 1 saturated carbocycles. The fourth-order valence-electron chi connectivity index (χ4n) is 5.39. The molecule has 1 heterocycles. The number of halogens is 3. The molecule has 41 heavy (non-hydrogen) atoms. The zero-order chi connectivity index (χ0) is 29.5. The van der Waals surface area contributed by atoms with Crippen molar-refractivity contribution in [1.29, 1.82) is 0 Å². The molecule has 0 atom stereocenters. The van der Waals surface area contributed by atoms with Crippen LogP contribution in [0.4, 0.5) is 8.78 Å². The number of amides is 1. The molecule has 2 N–H and O–H groups in total. The summed E-state index contributed by atoms with van der Waals surface area (Å²) in [6, 6.07) is 13.7. The van der Waals surface area contributed by atoms with Crippen LogP contribution < -0.4 is 9.88 Å². The highest BCUT2D eigenvalue weighted by Gasteiger charge is 2.32. The molecule has 1 fully saturated rings. The standard InChI is InChI=1S/C30H29ClF2N2O4S2/c1-17-3-8-21(9-4-17)35(30(36)29-27(31)26-23(32)12-13-24(33)28(26)40-29)16-20-15-19(7-14-25(20)39-2)18-5-10-22(11-6-18)41(34,37)38/h5-7,10-15,17,21H,3-4,8-9,16H2,1-2H3,(H2,34,37,38). The van der Waals surface area contributed by atoms with Gasteiger partial charge in [-0.3, -0.25) is 4.79 Å². The summed E-state index contributed by atoms with van der Waals surface area (Å²) in [5.74, 6) is -0.593. The van der Waals surface area contributed by atoms with Crippen molar-refractivity contribution in [2.75, 3.05) is 7.11 Å². The average Bonchev–Trinajstić information content (AvgIpc) is 3.31. The number of thiophene rings is 1. The molecule has 216 valence electrons. The molecule has 5 rings (SSSR count). The Morgan fingerprint density at radius 2 is 1.66 bits per heavy atom. The zero-order valence-corrected chi connectivity index (χ0v) is 24.9. The summed E-state index contributed by atoms with van der Waals surface area (Å²) >= 11 is 7.39. The van der Waals surface area contributed by atoms with Gasteiger partial charge in [-0.15, -0.1) is 11.3 Å². The predicted octanol–water partition coefficient (Wildman–Crippen LogP) is 7.38. The number of rotatable bonds is 7. The summed E-state index contributed by atoms with van der Waals surface area (Å²) in [7, 11) is -2.28. The molecular formula is C30H29ClF2N2O4S2. The first kappa shape index (κ1) is 29.4. The van der Waals surface area contributed by atoms with Crippen LogP contribution in [0.2, 0.25) is 5.02 Å². The van der Waals surface area contributed by atoms with E-state index in [1.54, 1.807) is 30.2 Å². The smallest absolute Gasteiger partial charge is 0.266 e. The van der Waals surface area contributed by atoms with Crippen LogP contribution in [0.3, 0.4) is 0 Å². The van der Waals surface area contributed by atoms with Crippen molar-refractivity contribution in [2.24, 2.45) is 11.1 Å². The summed E-state index contributed by atoms with van der Waals surface area (Å²) in [5, 5.41) is 5.07. The maximum absolute atomic E-state index is 14.6. The topological polar surface area (TPSA) is 89.7 Å². The summed E-state index contributed by atoms with van der Waals surface area (Å²) in [4.78, 5) is 16.0. The van der Waals surface area contributed by atoms with E-state index in [1.807, 2.05) is 12.1 Å². The van der Waals surface area contributed by atoms with E-state index in [0.717, 1.165) is 65.8 Å². The quantitative estimate of drug-likeness (QED) is 0.234. The van der Waals surface area contributed by atoms with E-state index < -0.39 is 21.7 Å². The second-order valence-corrected chi connectivity index (χ2v) is 13.4. The summed E-state index contributed by atoms with van der Waals surface area (Å²) in [6.45, 7) is 2.37. The number of sulfonamides is 1. The van der Waals surface area contributed by atoms with Crippen molar-refractivity contribution < 1.29 is 26.7 Å². The molecule has 0 saturated heterocycles. The number of methoxy groups -OCH3 is 1. The first-order chi connectivity index (χ1) is 19.5. The molecule has 4 aromatic rings. The average molecular weight is 619 g/mol. The van der Waals surface area contributed by atoms with Gasteiger partial charge in [0.05, 0.1) is 27.1 Å². The zero-order valence-electron chi connectivity index (χ0n) is 22.5. The number of nitrogens with zero attached hydrogens (tertiary/aromatic N) is 1. The molecule has 3 aromatic carbocycles. The third-order valence-corrected chi connectivity index (χ3v) is 10.3. The minimum Gasteiger partial charge on any atom is -0.496 e. The van der Waals surface area contributed by atoms with Gasteiger partial charge in [-0.05, 0) is 79.1 Å². The Balaban J connectivity index is 1.55. The Labute approximate surface area is 246 Å². The molecule has 1 amide bonds. The van der Waals surface area contributed by atoms with Gasteiger partial charge in [0.25, 0.3) is 5.91 Å². The Morgan fingerprint density at radius 1 is 1.02 bits per heavy atom. The van der Waals surface area contributed by atoms with Crippen LogP contribution in [0.1, 0.15) is 47.8 Å². The monoisotopic (exact) mass is 618 g/mol. The summed E-state index contributed by atoms with van der Waals surface area (Å²) in [5.41, 5.74) is 2.27.